The van der Waals surface area contributed by atoms with Gasteiger partial charge in [0, 0.05) is 13.1 Å². The molecule has 0 aromatic carbocycles. The van der Waals surface area contributed by atoms with Gasteiger partial charge in [-0.25, -0.2) is 9.78 Å². The fraction of sp³-hybridized carbons (Fsp3) is 0.500. The van der Waals surface area contributed by atoms with Crippen molar-refractivity contribution in [1.82, 2.24) is 10.3 Å². The molecule has 0 saturated carbocycles. The molecule has 25 heavy (non-hydrogen) atoms. The van der Waals surface area contributed by atoms with Crippen LogP contribution in [-0.2, 0) is 6.42 Å². The van der Waals surface area contributed by atoms with Gasteiger partial charge in [-0.05, 0) is 24.8 Å². The molecule has 1 aliphatic heterocycles. The molecule has 0 spiro atoms. The Bertz CT molecular complexity index is 761. The highest BCUT2D eigenvalue weighted by molar-refractivity contribution is 6.30. The van der Waals surface area contributed by atoms with E-state index in [4.69, 9.17) is 16.7 Å². The van der Waals surface area contributed by atoms with Gasteiger partial charge in [-0.1, -0.05) is 18.5 Å². The summed E-state index contributed by atoms with van der Waals surface area (Å²) in [6, 6.07) is 4.10. The first-order valence-corrected chi connectivity index (χ1v) is 8.18. The molecular formula is C16H18ClN5O3. The lowest BCUT2D eigenvalue weighted by molar-refractivity contribution is 0.120. The summed E-state index contributed by atoms with van der Waals surface area (Å²) in [7, 11) is 0. The van der Waals surface area contributed by atoms with E-state index in [1.165, 1.54) is 0 Å². The number of hydrogen-bond donors (Lipinski definition) is 3. The average molecular weight is 364 g/mol. The van der Waals surface area contributed by atoms with Gasteiger partial charge in [0.05, 0.1) is 23.3 Å². The minimum atomic E-state index is -1.19. The van der Waals surface area contributed by atoms with Crippen LogP contribution < -0.4 is 10.2 Å². The minimum Gasteiger partial charge on any atom is -0.465 e. The predicted molar refractivity (Wildman–Crippen MR) is 90.5 cm³/mol. The molecule has 132 valence electrons. The summed E-state index contributed by atoms with van der Waals surface area (Å²) >= 11 is 6.11. The Hall–Kier alpha value is -2.55. The lowest BCUT2D eigenvalue weighted by Crippen LogP contribution is -2.57. The molecule has 1 saturated heterocycles. The number of aliphatic hydroxyl groups is 1. The Kier molecular flexibility index (Phi) is 5.68. The molecule has 0 radical (unpaired) electrons. The number of carboxylic acid groups (broad SMARTS) is 1. The number of nitriles is 2. The van der Waals surface area contributed by atoms with Crippen LogP contribution in [0.25, 0.3) is 0 Å². The van der Waals surface area contributed by atoms with Crippen molar-refractivity contribution in [1.29, 1.82) is 10.5 Å². The Balaban J connectivity index is 2.36. The molecule has 2 heterocycles. The van der Waals surface area contributed by atoms with Crippen LogP contribution in [0.1, 0.15) is 36.5 Å². The van der Waals surface area contributed by atoms with E-state index < -0.39 is 11.6 Å². The number of nitrogens with zero attached hydrogens (tertiary/aromatic N) is 4. The molecule has 0 atom stereocenters. The largest absolute Gasteiger partial charge is 0.465 e. The van der Waals surface area contributed by atoms with E-state index in [1.54, 1.807) is 0 Å². The maximum atomic E-state index is 10.9. The molecule has 1 aromatic heterocycles. The number of aliphatic hydroxyl groups excluding tert-OH is 1. The van der Waals surface area contributed by atoms with Gasteiger partial charge in [0.1, 0.15) is 23.1 Å². The first-order valence-electron chi connectivity index (χ1n) is 7.80. The summed E-state index contributed by atoms with van der Waals surface area (Å²) in [5.41, 5.74) is 0.173. The van der Waals surface area contributed by atoms with Crippen molar-refractivity contribution in [3.05, 3.63) is 21.8 Å². The third-order valence-corrected chi connectivity index (χ3v) is 4.78. The van der Waals surface area contributed by atoms with Crippen LogP contribution in [0.5, 0.6) is 0 Å². The standard InChI is InChI=1S/C16H18ClN5O3/c1-2-10-11(7-18)13(17)20-14(12(10)8-19)22-5-3-16(9-23,4-6-22)21-15(24)25/h21,23H,2-6,9H2,1H3,(H,24,25). The summed E-state index contributed by atoms with van der Waals surface area (Å²) in [6.45, 7) is 2.32. The van der Waals surface area contributed by atoms with Crippen LogP contribution in [0.4, 0.5) is 10.6 Å². The third-order valence-electron chi connectivity index (χ3n) is 4.51. The zero-order valence-electron chi connectivity index (χ0n) is 13.7. The van der Waals surface area contributed by atoms with E-state index >= 15 is 0 Å². The molecule has 9 heteroatoms. The molecule has 2 rings (SSSR count). The first kappa shape index (κ1) is 18.8. The molecule has 0 aliphatic carbocycles. The lowest BCUT2D eigenvalue weighted by atomic mass is 9.88. The number of halogens is 1. The average Bonchev–Trinajstić information content (AvgIpc) is 2.60. The number of amides is 1. The maximum absolute atomic E-state index is 10.9. The molecule has 1 aliphatic rings. The number of nitrogens with one attached hydrogen (secondary N) is 1. The van der Waals surface area contributed by atoms with E-state index in [0.29, 0.717) is 49.3 Å². The van der Waals surface area contributed by atoms with Crippen LogP contribution >= 0.6 is 11.6 Å². The smallest absolute Gasteiger partial charge is 0.405 e. The number of anilines is 1. The molecule has 8 nitrogen and oxygen atoms in total. The van der Waals surface area contributed by atoms with Crippen molar-refractivity contribution < 1.29 is 15.0 Å². The van der Waals surface area contributed by atoms with Crippen LogP contribution in [0.3, 0.4) is 0 Å². The van der Waals surface area contributed by atoms with E-state index in [1.807, 2.05) is 17.9 Å². The van der Waals surface area contributed by atoms with Gasteiger partial charge in [-0.3, -0.25) is 0 Å². The van der Waals surface area contributed by atoms with Crippen LogP contribution in [0.15, 0.2) is 0 Å². The van der Waals surface area contributed by atoms with Gasteiger partial charge >= 0.3 is 6.09 Å². The third kappa shape index (κ3) is 3.60. The van der Waals surface area contributed by atoms with E-state index in [2.05, 4.69) is 16.4 Å². The zero-order chi connectivity index (χ0) is 18.6. The number of rotatable bonds is 4. The van der Waals surface area contributed by atoms with Gasteiger partial charge in [-0.15, -0.1) is 0 Å². The Morgan fingerprint density at radius 3 is 2.40 bits per heavy atom. The molecule has 1 amide bonds. The number of aromatic nitrogens is 1. The summed E-state index contributed by atoms with van der Waals surface area (Å²) in [4.78, 5) is 17.0. The topological polar surface area (TPSA) is 133 Å². The molecule has 0 bridgehead atoms. The van der Waals surface area contributed by atoms with Crippen molar-refractivity contribution >= 4 is 23.5 Å². The summed E-state index contributed by atoms with van der Waals surface area (Å²) in [5, 5.41) is 39.7. The normalized spacial score (nSPS) is 16.0. The number of piperidine rings is 1. The SMILES string of the molecule is CCc1c(C#N)c(Cl)nc(N2CCC(CO)(NC(=O)O)CC2)c1C#N. The second-order valence-corrected chi connectivity index (χ2v) is 6.25. The first-order chi connectivity index (χ1) is 11.9. The van der Waals surface area contributed by atoms with Crippen LogP contribution in [0, 0.1) is 22.7 Å². The van der Waals surface area contributed by atoms with Crippen molar-refractivity contribution in [3.8, 4) is 12.1 Å². The van der Waals surface area contributed by atoms with Crippen LogP contribution in [-0.4, -0.2) is 46.5 Å². The molecular weight excluding hydrogens is 346 g/mol. The Morgan fingerprint density at radius 2 is 1.96 bits per heavy atom. The van der Waals surface area contributed by atoms with Gasteiger partial charge in [0.25, 0.3) is 0 Å². The quantitative estimate of drug-likeness (QED) is 0.692. The highest BCUT2D eigenvalue weighted by atomic mass is 35.5. The zero-order valence-corrected chi connectivity index (χ0v) is 14.5. The second kappa shape index (κ2) is 7.56. The highest BCUT2D eigenvalue weighted by Crippen LogP contribution is 2.32. The fourth-order valence-corrected chi connectivity index (χ4v) is 3.34. The predicted octanol–water partition coefficient (Wildman–Crippen LogP) is 1.64. The molecule has 3 N–H and O–H groups in total. The minimum absolute atomic E-state index is 0.0519. The van der Waals surface area contributed by atoms with Gasteiger partial charge in [0.2, 0.25) is 0 Å². The Labute approximate surface area is 150 Å². The number of pyridine rings is 1. The van der Waals surface area contributed by atoms with Gasteiger partial charge in [-0.2, -0.15) is 10.5 Å². The maximum Gasteiger partial charge on any atom is 0.405 e. The van der Waals surface area contributed by atoms with Gasteiger partial charge in [0.15, 0.2) is 0 Å². The van der Waals surface area contributed by atoms with E-state index in [-0.39, 0.29) is 17.3 Å². The summed E-state index contributed by atoms with van der Waals surface area (Å²) in [6.07, 6.45) is 0.00631. The van der Waals surface area contributed by atoms with Crippen molar-refractivity contribution in [2.24, 2.45) is 0 Å². The van der Waals surface area contributed by atoms with E-state index in [0.717, 1.165) is 0 Å². The highest BCUT2D eigenvalue weighted by Gasteiger charge is 2.37. The number of carbonyl (C=O) groups is 1. The monoisotopic (exact) mass is 363 g/mol. The second-order valence-electron chi connectivity index (χ2n) is 5.89. The Morgan fingerprint density at radius 1 is 1.36 bits per heavy atom. The molecule has 1 fully saturated rings. The lowest BCUT2D eigenvalue weighted by Gasteiger charge is -2.41. The van der Waals surface area contributed by atoms with Crippen molar-refractivity contribution in [2.75, 3.05) is 24.6 Å². The van der Waals surface area contributed by atoms with Crippen molar-refractivity contribution in [2.45, 2.75) is 31.7 Å². The van der Waals surface area contributed by atoms with E-state index in [9.17, 15) is 20.4 Å². The van der Waals surface area contributed by atoms with Crippen LogP contribution in [0.2, 0.25) is 5.15 Å². The summed E-state index contributed by atoms with van der Waals surface area (Å²) < 4.78 is 0. The molecule has 0 unspecified atom stereocenters. The molecule has 1 aromatic rings. The fourth-order valence-electron chi connectivity index (χ4n) is 3.10. The summed E-state index contributed by atoms with van der Waals surface area (Å²) in [5.74, 6) is 0.394. The van der Waals surface area contributed by atoms with Crippen molar-refractivity contribution in [3.63, 3.8) is 0 Å². The van der Waals surface area contributed by atoms with Gasteiger partial charge < -0.3 is 20.4 Å². The number of hydrogen-bond acceptors (Lipinski definition) is 6.